The largest absolute Gasteiger partial charge is 0.497 e. The molecule has 0 unspecified atom stereocenters. The van der Waals surface area contributed by atoms with Gasteiger partial charge in [0.25, 0.3) is 5.91 Å². The van der Waals surface area contributed by atoms with Crippen LogP contribution in [0.2, 0.25) is 10.0 Å². The molecule has 2 amide bonds. The lowest BCUT2D eigenvalue weighted by molar-refractivity contribution is -0.123. The first-order valence-electron chi connectivity index (χ1n) is 9.42. The Hall–Kier alpha value is -2.28. The van der Waals surface area contributed by atoms with Gasteiger partial charge in [0.2, 0.25) is 5.91 Å². The standard InChI is InChI=1S/C21H21Cl2N3O3/c1-29-18-4-2-16(3-5-18)24-6-8-25(9-7-24)19-13-20(27)26(21(19)28)17-11-14(22)10-15(23)12-17/h2-5,10-12,19H,6-9,13H2,1H3/t19-/m0/s1. The Labute approximate surface area is 179 Å². The second kappa shape index (κ2) is 8.22. The predicted octanol–water partition coefficient (Wildman–Crippen LogP) is 3.46. The number of carbonyl (C=O) groups is 2. The third-order valence-electron chi connectivity index (χ3n) is 5.42. The van der Waals surface area contributed by atoms with Gasteiger partial charge in [0.1, 0.15) is 5.75 Å². The molecule has 0 aliphatic carbocycles. The van der Waals surface area contributed by atoms with Crippen LogP contribution in [0.3, 0.4) is 0 Å². The molecule has 8 heteroatoms. The molecular weight excluding hydrogens is 413 g/mol. The van der Waals surface area contributed by atoms with Crippen LogP contribution in [0, 0.1) is 0 Å². The molecule has 0 saturated carbocycles. The Balaban J connectivity index is 1.43. The van der Waals surface area contributed by atoms with Crippen LogP contribution in [0.4, 0.5) is 11.4 Å². The Morgan fingerprint density at radius 3 is 2.10 bits per heavy atom. The summed E-state index contributed by atoms with van der Waals surface area (Å²) in [5, 5.41) is 0.786. The van der Waals surface area contributed by atoms with E-state index in [0.717, 1.165) is 24.5 Å². The third-order valence-corrected chi connectivity index (χ3v) is 5.86. The van der Waals surface area contributed by atoms with Crippen LogP contribution < -0.4 is 14.5 Å². The zero-order chi connectivity index (χ0) is 20.5. The van der Waals surface area contributed by atoms with E-state index >= 15 is 0 Å². The molecule has 0 N–H and O–H groups in total. The van der Waals surface area contributed by atoms with Crippen LogP contribution in [0.1, 0.15) is 6.42 Å². The normalized spacial score (nSPS) is 20.4. The maximum absolute atomic E-state index is 13.0. The van der Waals surface area contributed by atoms with Gasteiger partial charge >= 0.3 is 0 Å². The van der Waals surface area contributed by atoms with Crippen molar-refractivity contribution >= 4 is 46.4 Å². The van der Waals surface area contributed by atoms with Crippen molar-refractivity contribution in [1.29, 1.82) is 0 Å². The van der Waals surface area contributed by atoms with E-state index in [1.54, 1.807) is 25.3 Å². The summed E-state index contributed by atoms with van der Waals surface area (Å²) >= 11 is 12.1. The monoisotopic (exact) mass is 433 g/mol. The molecule has 2 aromatic carbocycles. The molecule has 2 saturated heterocycles. The smallest absolute Gasteiger partial charge is 0.251 e. The summed E-state index contributed by atoms with van der Waals surface area (Å²) in [4.78, 5) is 31.2. The molecule has 152 valence electrons. The van der Waals surface area contributed by atoms with Gasteiger partial charge in [-0.05, 0) is 42.5 Å². The highest BCUT2D eigenvalue weighted by Gasteiger charge is 2.43. The van der Waals surface area contributed by atoms with Crippen LogP contribution in [-0.2, 0) is 9.59 Å². The molecular formula is C21H21Cl2N3O3. The highest BCUT2D eigenvalue weighted by Crippen LogP contribution is 2.31. The molecule has 0 bridgehead atoms. The summed E-state index contributed by atoms with van der Waals surface area (Å²) in [5.74, 6) is 0.380. The van der Waals surface area contributed by atoms with Gasteiger partial charge in [-0.3, -0.25) is 14.5 Å². The quantitative estimate of drug-likeness (QED) is 0.691. The van der Waals surface area contributed by atoms with Crippen molar-refractivity contribution in [3.8, 4) is 5.75 Å². The minimum Gasteiger partial charge on any atom is -0.497 e. The first-order valence-corrected chi connectivity index (χ1v) is 10.2. The van der Waals surface area contributed by atoms with Crippen molar-refractivity contribution in [2.24, 2.45) is 0 Å². The Bertz CT molecular complexity index is 907. The van der Waals surface area contributed by atoms with Crippen LogP contribution in [-0.4, -0.2) is 56.0 Å². The van der Waals surface area contributed by atoms with Gasteiger partial charge in [0.05, 0.1) is 25.3 Å². The van der Waals surface area contributed by atoms with Gasteiger partial charge < -0.3 is 9.64 Å². The summed E-state index contributed by atoms with van der Waals surface area (Å²) in [6.45, 7) is 2.99. The summed E-state index contributed by atoms with van der Waals surface area (Å²) in [5.41, 5.74) is 1.55. The molecule has 29 heavy (non-hydrogen) atoms. The lowest BCUT2D eigenvalue weighted by Crippen LogP contribution is -2.52. The van der Waals surface area contributed by atoms with Crippen LogP contribution >= 0.6 is 23.2 Å². The summed E-state index contributed by atoms with van der Waals surface area (Å²) in [6, 6.07) is 12.3. The number of hydrogen-bond donors (Lipinski definition) is 0. The van der Waals surface area contributed by atoms with Crippen molar-refractivity contribution in [2.45, 2.75) is 12.5 Å². The first kappa shape index (κ1) is 20.0. The fraction of sp³-hybridized carbons (Fsp3) is 0.333. The number of nitrogens with zero attached hydrogens (tertiary/aromatic N) is 3. The maximum Gasteiger partial charge on any atom is 0.251 e. The molecule has 2 aliphatic rings. The van der Waals surface area contributed by atoms with Crippen molar-refractivity contribution in [2.75, 3.05) is 43.1 Å². The van der Waals surface area contributed by atoms with Gasteiger partial charge in [0.15, 0.2) is 0 Å². The zero-order valence-corrected chi connectivity index (χ0v) is 17.5. The van der Waals surface area contributed by atoms with E-state index in [1.807, 2.05) is 24.3 Å². The summed E-state index contributed by atoms with van der Waals surface area (Å²) in [7, 11) is 1.65. The molecule has 2 aromatic rings. The molecule has 1 atom stereocenters. The van der Waals surface area contributed by atoms with Crippen LogP contribution in [0.25, 0.3) is 0 Å². The molecule has 2 heterocycles. The Morgan fingerprint density at radius 2 is 1.52 bits per heavy atom. The van der Waals surface area contributed by atoms with Crippen molar-refractivity contribution < 1.29 is 14.3 Å². The predicted molar refractivity (Wildman–Crippen MR) is 114 cm³/mol. The number of halogens is 2. The Kier molecular flexibility index (Phi) is 5.67. The second-order valence-electron chi connectivity index (χ2n) is 7.14. The van der Waals surface area contributed by atoms with Gasteiger partial charge in [-0.1, -0.05) is 23.2 Å². The Morgan fingerprint density at radius 1 is 0.897 bits per heavy atom. The number of hydrogen-bond acceptors (Lipinski definition) is 5. The third kappa shape index (κ3) is 4.06. The number of piperazine rings is 1. The number of rotatable bonds is 4. The topological polar surface area (TPSA) is 53.1 Å². The van der Waals surface area contributed by atoms with Crippen LogP contribution in [0.5, 0.6) is 5.75 Å². The summed E-state index contributed by atoms with van der Waals surface area (Å²) < 4.78 is 5.21. The minimum atomic E-state index is -0.446. The molecule has 4 rings (SSSR count). The number of amides is 2. The average Bonchev–Trinajstić information content (AvgIpc) is 3.01. The van der Waals surface area contributed by atoms with Gasteiger partial charge in [-0.2, -0.15) is 0 Å². The number of methoxy groups -OCH3 is 1. The van der Waals surface area contributed by atoms with Gasteiger partial charge in [-0.25, -0.2) is 4.90 Å². The lowest BCUT2D eigenvalue weighted by Gasteiger charge is -2.38. The molecule has 0 spiro atoms. The van der Waals surface area contributed by atoms with E-state index < -0.39 is 6.04 Å². The van der Waals surface area contributed by atoms with Crippen molar-refractivity contribution in [3.63, 3.8) is 0 Å². The van der Waals surface area contributed by atoms with E-state index in [2.05, 4.69) is 9.80 Å². The number of ether oxygens (including phenoxy) is 1. The number of anilines is 2. The van der Waals surface area contributed by atoms with Gasteiger partial charge in [-0.15, -0.1) is 0 Å². The molecule has 2 fully saturated rings. The highest BCUT2D eigenvalue weighted by molar-refractivity contribution is 6.35. The SMILES string of the molecule is COc1ccc(N2CCN([C@H]3CC(=O)N(c4cc(Cl)cc(Cl)c4)C3=O)CC2)cc1. The molecule has 0 aromatic heterocycles. The summed E-state index contributed by atoms with van der Waals surface area (Å²) in [6.07, 6.45) is 0.172. The fourth-order valence-corrected chi connectivity index (χ4v) is 4.44. The number of imide groups is 1. The minimum absolute atomic E-state index is 0.172. The number of carbonyl (C=O) groups excluding carboxylic acids is 2. The van der Waals surface area contributed by atoms with E-state index in [9.17, 15) is 9.59 Å². The van der Waals surface area contributed by atoms with E-state index in [1.165, 1.54) is 4.90 Å². The lowest BCUT2D eigenvalue weighted by atomic mass is 10.1. The van der Waals surface area contributed by atoms with E-state index in [4.69, 9.17) is 27.9 Å². The highest BCUT2D eigenvalue weighted by atomic mass is 35.5. The fourth-order valence-electron chi connectivity index (χ4n) is 3.93. The zero-order valence-electron chi connectivity index (χ0n) is 16.0. The average molecular weight is 434 g/mol. The van der Waals surface area contributed by atoms with E-state index in [0.29, 0.717) is 28.8 Å². The van der Waals surface area contributed by atoms with E-state index in [-0.39, 0.29) is 18.2 Å². The maximum atomic E-state index is 13.0. The van der Waals surface area contributed by atoms with Crippen molar-refractivity contribution in [1.82, 2.24) is 4.90 Å². The second-order valence-corrected chi connectivity index (χ2v) is 8.01. The molecule has 0 radical (unpaired) electrons. The van der Waals surface area contributed by atoms with Crippen molar-refractivity contribution in [3.05, 3.63) is 52.5 Å². The first-order chi connectivity index (χ1) is 14.0. The van der Waals surface area contributed by atoms with Gasteiger partial charge in [0, 0.05) is 41.9 Å². The molecule has 6 nitrogen and oxygen atoms in total. The number of benzene rings is 2. The molecule has 2 aliphatic heterocycles. The van der Waals surface area contributed by atoms with Crippen LogP contribution in [0.15, 0.2) is 42.5 Å².